The molecule has 1 rings (SSSR count). The van der Waals surface area contributed by atoms with Crippen molar-refractivity contribution in [2.75, 3.05) is 6.54 Å². The maximum atomic E-state index is 6.46. The molecule has 1 N–H and O–H groups in total. The van der Waals surface area contributed by atoms with Crippen LogP contribution in [0, 0.1) is 12.3 Å². The summed E-state index contributed by atoms with van der Waals surface area (Å²) in [5.41, 5.74) is 2.36. The first-order valence-corrected chi connectivity index (χ1v) is 8.16. The van der Waals surface area contributed by atoms with Crippen LogP contribution in [0.4, 0.5) is 0 Å². The lowest BCUT2D eigenvalue weighted by molar-refractivity contribution is 0.260. The van der Waals surface area contributed by atoms with Crippen LogP contribution in [0.25, 0.3) is 0 Å². The maximum Gasteiger partial charge on any atom is 0.0847 e. The van der Waals surface area contributed by atoms with Gasteiger partial charge >= 0.3 is 0 Å². The molecule has 1 unspecified atom stereocenters. The maximum absolute atomic E-state index is 6.46. The van der Waals surface area contributed by atoms with Crippen molar-refractivity contribution < 1.29 is 0 Å². The molecule has 4 heteroatoms. The molecule has 0 saturated heterocycles. The Morgan fingerprint density at radius 2 is 2.00 bits per heavy atom. The summed E-state index contributed by atoms with van der Waals surface area (Å²) in [5, 5.41) is 8.96. The van der Waals surface area contributed by atoms with Gasteiger partial charge in [-0.15, -0.1) is 0 Å². The minimum absolute atomic E-state index is 0.224. The predicted octanol–water partition coefficient (Wildman–Crippen LogP) is 4.21. The lowest BCUT2D eigenvalue weighted by Gasteiger charge is -2.31. The van der Waals surface area contributed by atoms with E-state index < -0.39 is 0 Å². The zero-order valence-corrected chi connectivity index (χ0v) is 14.6. The highest BCUT2D eigenvalue weighted by atomic mass is 35.5. The van der Waals surface area contributed by atoms with Crippen LogP contribution >= 0.6 is 11.6 Å². The minimum atomic E-state index is 0.224. The van der Waals surface area contributed by atoms with E-state index >= 15 is 0 Å². The average molecular weight is 300 g/mol. The summed E-state index contributed by atoms with van der Waals surface area (Å²) < 4.78 is 2.06. The van der Waals surface area contributed by atoms with Gasteiger partial charge in [-0.2, -0.15) is 5.10 Å². The third-order valence-electron chi connectivity index (χ3n) is 3.84. The molecule has 0 fully saturated rings. The van der Waals surface area contributed by atoms with Gasteiger partial charge in [-0.05, 0) is 32.1 Å². The molecule has 0 saturated carbocycles. The largest absolute Gasteiger partial charge is 0.314 e. The summed E-state index contributed by atoms with van der Waals surface area (Å²) in [4.78, 5) is 0. The van der Waals surface area contributed by atoms with E-state index in [2.05, 4.69) is 49.7 Å². The number of rotatable bonds is 8. The molecule has 0 aliphatic heterocycles. The van der Waals surface area contributed by atoms with Crippen molar-refractivity contribution in [1.29, 1.82) is 0 Å². The Morgan fingerprint density at radius 1 is 1.35 bits per heavy atom. The first-order chi connectivity index (χ1) is 9.33. The van der Waals surface area contributed by atoms with Gasteiger partial charge in [0.15, 0.2) is 0 Å². The van der Waals surface area contributed by atoms with E-state index in [9.17, 15) is 0 Å². The molecule has 0 aliphatic rings. The number of nitrogens with zero attached hydrogens (tertiary/aromatic N) is 2. The van der Waals surface area contributed by atoms with Crippen LogP contribution < -0.4 is 5.32 Å². The number of hydrogen-bond donors (Lipinski definition) is 1. The molecule has 1 aromatic rings. The Balaban J connectivity index is 2.94. The van der Waals surface area contributed by atoms with Crippen LogP contribution in [0.15, 0.2) is 0 Å². The third kappa shape index (κ3) is 4.49. The van der Waals surface area contributed by atoms with Gasteiger partial charge in [-0.1, -0.05) is 45.7 Å². The molecule has 0 spiro atoms. The number of nitrogens with one attached hydrogen (secondary N) is 1. The Labute approximate surface area is 129 Å². The summed E-state index contributed by atoms with van der Waals surface area (Å²) in [6.45, 7) is 15.0. The fourth-order valence-corrected chi connectivity index (χ4v) is 2.94. The number of halogens is 1. The van der Waals surface area contributed by atoms with E-state index in [1.165, 1.54) is 18.5 Å². The molecule has 0 radical (unpaired) electrons. The fourth-order valence-electron chi connectivity index (χ4n) is 2.74. The van der Waals surface area contributed by atoms with Crippen LogP contribution in [-0.4, -0.2) is 22.4 Å². The van der Waals surface area contributed by atoms with Gasteiger partial charge in [-0.3, -0.25) is 4.68 Å². The van der Waals surface area contributed by atoms with Crippen molar-refractivity contribution in [2.45, 2.75) is 73.4 Å². The van der Waals surface area contributed by atoms with E-state index in [4.69, 9.17) is 11.6 Å². The first kappa shape index (κ1) is 17.5. The van der Waals surface area contributed by atoms with E-state index in [0.29, 0.717) is 6.04 Å². The molecule has 0 bridgehead atoms. The molecule has 1 atom stereocenters. The van der Waals surface area contributed by atoms with Gasteiger partial charge in [0.25, 0.3) is 0 Å². The van der Waals surface area contributed by atoms with E-state index in [0.717, 1.165) is 30.2 Å². The number of aromatic nitrogens is 2. The van der Waals surface area contributed by atoms with Gasteiger partial charge in [0.2, 0.25) is 0 Å². The van der Waals surface area contributed by atoms with Crippen LogP contribution in [0.5, 0.6) is 0 Å². The standard InChI is InChI=1S/C16H30ClN3/c1-7-9-16(6,11-18-12(3)4)10-14-15(17)13(5)19-20(14)8-2/h12,18H,7-11H2,1-6H3. The summed E-state index contributed by atoms with van der Waals surface area (Å²) in [6, 6.07) is 0.513. The topological polar surface area (TPSA) is 29.9 Å². The summed E-state index contributed by atoms with van der Waals surface area (Å²) in [6.07, 6.45) is 3.36. The van der Waals surface area contributed by atoms with Gasteiger partial charge in [0, 0.05) is 19.1 Å². The van der Waals surface area contributed by atoms with Crippen molar-refractivity contribution >= 4 is 11.6 Å². The SMILES string of the molecule is CCCC(C)(CNC(C)C)Cc1c(Cl)c(C)nn1CC. The molecule has 0 aromatic carbocycles. The molecular weight excluding hydrogens is 270 g/mol. The molecule has 116 valence electrons. The van der Waals surface area contributed by atoms with Crippen molar-refractivity contribution in [3.63, 3.8) is 0 Å². The van der Waals surface area contributed by atoms with E-state index in [-0.39, 0.29) is 5.41 Å². The molecule has 3 nitrogen and oxygen atoms in total. The van der Waals surface area contributed by atoms with E-state index in [1.54, 1.807) is 0 Å². The summed E-state index contributed by atoms with van der Waals surface area (Å²) in [5.74, 6) is 0. The van der Waals surface area contributed by atoms with Gasteiger partial charge in [0.1, 0.15) is 0 Å². The number of hydrogen-bond acceptors (Lipinski definition) is 2. The third-order valence-corrected chi connectivity index (χ3v) is 4.33. The average Bonchev–Trinajstić information content (AvgIpc) is 2.64. The van der Waals surface area contributed by atoms with Crippen LogP contribution in [-0.2, 0) is 13.0 Å². The second-order valence-electron chi connectivity index (χ2n) is 6.43. The van der Waals surface area contributed by atoms with Crippen LogP contribution in [0.2, 0.25) is 5.02 Å². The van der Waals surface area contributed by atoms with Crippen molar-refractivity contribution in [1.82, 2.24) is 15.1 Å². The van der Waals surface area contributed by atoms with Gasteiger partial charge in [0.05, 0.1) is 16.4 Å². The van der Waals surface area contributed by atoms with Crippen molar-refractivity contribution in [2.24, 2.45) is 5.41 Å². The second-order valence-corrected chi connectivity index (χ2v) is 6.81. The zero-order chi connectivity index (χ0) is 15.3. The Bertz CT molecular complexity index is 426. The molecule has 0 aliphatic carbocycles. The summed E-state index contributed by atoms with van der Waals surface area (Å²) >= 11 is 6.46. The smallest absolute Gasteiger partial charge is 0.0847 e. The molecular formula is C16H30ClN3. The highest BCUT2D eigenvalue weighted by Crippen LogP contribution is 2.32. The van der Waals surface area contributed by atoms with Crippen LogP contribution in [0.3, 0.4) is 0 Å². The van der Waals surface area contributed by atoms with E-state index in [1.807, 2.05) is 6.92 Å². The second kappa shape index (κ2) is 7.46. The molecule has 1 heterocycles. The Hall–Kier alpha value is -0.540. The first-order valence-electron chi connectivity index (χ1n) is 7.78. The van der Waals surface area contributed by atoms with Gasteiger partial charge in [-0.25, -0.2) is 0 Å². The quantitative estimate of drug-likeness (QED) is 0.779. The van der Waals surface area contributed by atoms with Gasteiger partial charge < -0.3 is 5.32 Å². The monoisotopic (exact) mass is 299 g/mol. The lowest BCUT2D eigenvalue weighted by atomic mass is 9.80. The van der Waals surface area contributed by atoms with Crippen molar-refractivity contribution in [3.05, 3.63) is 16.4 Å². The summed E-state index contributed by atoms with van der Waals surface area (Å²) in [7, 11) is 0. The zero-order valence-electron chi connectivity index (χ0n) is 13.9. The van der Waals surface area contributed by atoms with Crippen molar-refractivity contribution in [3.8, 4) is 0 Å². The molecule has 0 amide bonds. The van der Waals surface area contributed by atoms with Crippen LogP contribution in [0.1, 0.15) is 58.8 Å². The highest BCUT2D eigenvalue weighted by Gasteiger charge is 2.27. The molecule has 1 aromatic heterocycles. The predicted molar refractivity (Wildman–Crippen MR) is 87.5 cm³/mol. The number of aryl methyl sites for hydroxylation is 2. The normalized spacial score (nSPS) is 14.8. The Kier molecular flexibility index (Phi) is 6.53. The fraction of sp³-hybridized carbons (Fsp3) is 0.812. The highest BCUT2D eigenvalue weighted by molar-refractivity contribution is 6.31. The lowest BCUT2D eigenvalue weighted by Crippen LogP contribution is -2.37. The minimum Gasteiger partial charge on any atom is -0.314 e. The Morgan fingerprint density at radius 3 is 2.50 bits per heavy atom. The molecule has 20 heavy (non-hydrogen) atoms.